The van der Waals surface area contributed by atoms with Crippen LogP contribution in [0.4, 0.5) is 5.13 Å². The molecule has 1 atom stereocenters. The van der Waals surface area contributed by atoms with E-state index in [-0.39, 0.29) is 5.41 Å². The van der Waals surface area contributed by atoms with E-state index in [1.807, 2.05) is 0 Å². The molecule has 2 rings (SSSR count). The van der Waals surface area contributed by atoms with Crippen LogP contribution in [0.15, 0.2) is 0 Å². The Bertz CT molecular complexity index is 383. The predicted octanol–water partition coefficient (Wildman–Crippen LogP) is 2.73. The van der Waals surface area contributed by atoms with Gasteiger partial charge in [-0.3, -0.25) is 4.90 Å². The van der Waals surface area contributed by atoms with Crippen molar-refractivity contribution in [3.8, 4) is 0 Å². The molecule has 1 saturated heterocycles. The maximum absolute atomic E-state index is 4.57. The van der Waals surface area contributed by atoms with E-state index in [9.17, 15) is 0 Å². The zero-order valence-corrected chi connectivity index (χ0v) is 12.7. The fourth-order valence-corrected chi connectivity index (χ4v) is 3.11. The molecule has 0 radical (unpaired) electrons. The Balaban J connectivity index is 1.89. The van der Waals surface area contributed by atoms with Crippen molar-refractivity contribution >= 4 is 16.7 Å². The molecule has 2 heterocycles. The van der Waals surface area contributed by atoms with Crippen molar-refractivity contribution < 1.29 is 0 Å². The van der Waals surface area contributed by atoms with E-state index in [0.717, 1.165) is 24.0 Å². The number of anilines is 1. The third kappa shape index (κ3) is 3.20. The van der Waals surface area contributed by atoms with E-state index in [1.165, 1.54) is 30.9 Å². The topological polar surface area (TPSA) is 41.0 Å². The van der Waals surface area contributed by atoms with E-state index in [4.69, 9.17) is 0 Å². The molecule has 0 aliphatic carbocycles. The van der Waals surface area contributed by atoms with Crippen LogP contribution >= 0.6 is 11.5 Å². The van der Waals surface area contributed by atoms with Crippen molar-refractivity contribution in [2.45, 2.75) is 52.0 Å². The predicted molar refractivity (Wildman–Crippen MR) is 77.4 cm³/mol. The lowest BCUT2D eigenvalue weighted by Crippen LogP contribution is -2.34. The fraction of sp³-hybridized carbons (Fsp3) is 0.846. The Kier molecular flexibility index (Phi) is 4.22. The van der Waals surface area contributed by atoms with Crippen LogP contribution in [-0.4, -0.2) is 39.9 Å². The molecule has 1 fully saturated rings. The highest BCUT2D eigenvalue weighted by Gasteiger charge is 2.23. The number of hydrogen-bond acceptors (Lipinski definition) is 5. The van der Waals surface area contributed by atoms with Crippen LogP contribution in [0.3, 0.4) is 0 Å². The van der Waals surface area contributed by atoms with Crippen LogP contribution in [0.2, 0.25) is 0 Å². The molecule has 0 saturated carbocycles. The first-order valence-electron chi connectivity index (χ1n) is 6.83. The molecular formula is C13H24N4S. The van der Waals surface area contributed by atoms with Gasteiger partial charge in [0.2, 0.25) is 5.13 Å². The highest BCUT2D eigenvalue weighted by Crippen LogP contribution is 2.23. The van der Waals surface area contributed by atoms with Gasteiger partial charge in [-0.1, -0.05) is 27.7 Å². The summed E-state index contributed by atoms with van der Waals surface area (Å²) in [6.45, 7) is 12.1. The molecule has 1 unspecified atom stereocenters. The number of likely N-dealkylation sites (tertiary alicyclic amines) is 1. The average Bonchev–Trinajstić information content (AvgIpc) is 2.94. The van der Waals surface area contributed by atoms with Gasteiger partial charge in [0.05, 0.1) is 0 Å². The Hall–Kier alpha value is -0.680. The number of likely N-dealkylation sites (N-methyl/N-ethyl adjacent to an activating group) is 1. The standard InChI is InChI=1S/C13H24N4S/c1-5-17-8-6-7-10(17)9-14-12-15-11(16-18-12)13(2,3)4/h10H,5-9H2,1-4H3,(H,14,15,16). The third-order valence-corrected chi connectivity index (χ3v) is 4.16. The van der Waals surface area contributed by atoms with Crippen LogP contribution in [0.1, 0.15) is 46.4 Å². The van der Waals surface area contributed by atoms with Gasteiger partial charge in [0.25, 0.3) is 0 Å². The number of nitrogens with zero attached hydrogens (tertiary/aromatic N) is 3. The summed E-state index contributed by atoms with van der Waals surface area (Å²) in [4.78, 5) is 7.11. The Morgan fingerprint density at radius 2 is 2.22 bits per heavy atom. The molecule has 102 valence electrons. The minimum Gasteiger partial charge on any atom is -0.359 e. The second-order valence-corrected chi connectivity index (χ2v) is 6.73. The minimum absolute atomic E-state index is 0.0409. The average molecular weight is 268 g/mol. The van der Waals surface area contributed by atoms with Crippen molar-refractivity contribution in [2.75, 3.05) is 25.0 Å². The van der Waals surface area contributed by atoms with Gasteiger partial charge in [-0.15, -0.1) is 0 Å². The lowest BCUT2D eigenvalue weighted by molar-refractivity contribution is 0.277. The Morgan fingerprint density at radius 3 is 2.83 bits per heavy atom. The number of nitrogens with one attached hydrogen (secondary N) is 1. The molecule has 1 aromatic heterocycles. The second-order valence-electron chi connectivity index (χ2n) is 5.98. The van der Waals surface area contributed by atoms with Crippen molar-refractivity contribution in [1.82, 2.24) is 14.3 Å². The van der Waals surface area contributed by atoms with Crippen LogP contribution < -0.4 is 5.32 Å². The summed E-state index contributed by atoms with van der Waals surface area (Å²) < 4.78 is 4.43. The van der Waals surface area contributed by atoms with Crippen molar-refractivity contribution in [3.63, 3.8) is 0 Å². The largest absolute Gasteiger partial charge is 0.359 e. The molecule has 1 aliphatic heterocycles. The van der Waals surface area contributed by atoms with Crippen LogP contribution in [0.25, 0.3) is 0 Å². The third-order valence-electron chi connectivity index (χ3n) is 3.49. The van der Waals surface area contributed by atoms with E-state index in [0.29, 0.717) is 6.04 Å². The zero-order chi connectivity index (χ0) is 13.2. The molecule has 1 aromatic rings. The molecule has 5 heteroatoms. The maximum atomic E-state index is 4.57. The van der Waals surface area contributed by atoms with Gasteiger partial charge in [-0.05, 0) is 25.9 Å². The molecule has 0 bridgehead atoms. The number of aromatic nitrogens is 2. The molecule has 0 aromatic carbocycles. The van der Waals surface area contributed by atoms with Gasteiger partial charge < -0.3 is 5.32 Å². The summed E-state index contributed by atoms with van der Waals surface area (Å²) in [5, 5.41) is 4.41. The lowest BCUT2D eigenvalue weighted by atomic mass is 9.96. The smallest absolute Gasteiger partial charge is 0.202 e. The summed E-state index contributed by atoms with van der Waals surface area (Å²) in [6.07, 6.45) is 2.62. The highest BCUT2D eigenvalue weighted by atomic mass is 32.1. The zero-order valence-electron chi connectivity index (χ0n) is 11.9. The van der Waals surface area contributed by atoms with Crippen molar-refractivity contribution in [2.24, 2.45) is 0 Å². The minimum atomic E-state index is 0.0409. The molecule has 0 amide bonds. The first kappa shape index (κ1) is 13.7. The number of rotatable bonds is 4. The molecule has 18 heavy (non-hydrogen) atoms. The van der Waals surface area contributed by atoms with Gasteiger partial charge in [-0.2, -0.15) is 4.37 Å². The highest BCUT2D eigenvalue weighted by molar-refractivity contribution is 7.09. The van der Waals surface area contributed by atoms with Crippen LogP contribution in [0, 0.1) is 0 Å². The van der Waals surface area contributed by atoms with Gasteiger partial charge >= 0.3 is 0 Å². The quantitative estimate of drug-likeness (QED) is 0.911. The summed E-state index contributed by atoms with van der Waals surface area (Å²) in [7, 11) is 0. The molecule has 1 aliphatic rings. The van der Waals surface area contributed by atoms with E-state index in [2.05, 4.69) is 47.3 Å². The SMILES string of the molecule is CCN1CCCC1CNc1nc(C(C)(C)C)ns1. The summed E-state index contributed by atoms with van der Waals surface area (Å²) in [5.74, 6) is 0.939. The summed E-state index contributed by atoms with van der Waals surface area (Å²) >= 11 is 1.48. The maximum Gasteiger partial charge on any atom is 0.202 e. The van der Waals surface area contributed by atoms with E-state index < -0.39 is 0 Å². The van der Waals surface area contributed by atoms with Crippen LogP contribution in [-0.2, 0) is 5.41 Å². The molecule has 0 spiro atoms. The second kappa shape index (κ2) is 5.53. The first-order valence-corrected chi connectivity index (χ1v) is 7.60. The first-order chi connectivity index (χ1) is 8.50. The summed E-state index contributed by atoms with van der Waals surface area (Å²) in [5.41, 5.74) is 0.0409. The number of hydrogen-bond donors (Lipinski definition) is 1. The Morgan fingerprint density at radius 1 is 1.44 bits per heavy atom. The van der Waals surface area contributed by atoms with E-state index >= 15 is 0 Å². The molecule has 4 nitrogen and oxygen atoms in total. The Labute approximate surface area is 114 Å². The van der Waals surface area contributed by atoms with Crippen molar-refractivity contribution in [3.05, 3.63) is 5.82 Å². The van der Waals surface area contributed by atoms with Gasteiger partial charge in [0, 0.05) is 29.5 Å². The van der Waals surface area contributed by atoms with Crippen LogP contribution in [0.5, 0.6) is 0 Å². The normalized spacial score (nSPS) is 21.4. The monoisotopic (exact) mass is 268 g/mol. The molecular weight excluding hydrogens is 244 g/mol. The van der Waals surface area contributed by atoms with Gasteiger partial charge in [0.1, 0.15) is 5.82 Å². The fourth-order valence-electron chi connectivity index (χ4n) is 2.35. The summed E-state index contributed by atoms with van der Waals surface area (Å²) in [6, 6.07) is 0.664. The lowest BCUT2D eigenvalue weighted by Gasteiger charge is -2.22. The van der Waals surface area contributed by atoms with Gasteiger partial charge in [-0.25, -0.2) is 4.98 Å². The van der Waals surface area contributed by atoms with Crippen molar-refractivity contribution in [1.29, 1.82) is 0 Å². The van der Waals surface area contributed by atoms with Gasteiger partial charge in [0.15, 0.2) is 0 Å². The molecule has 1 N–H and O–H groups in total. The van der Waals surface area contributed by atoms with E-state index in [1.54, 1.807) is 0 Å².